The Balaban J connectivity index is 1.38. The lowest BCUT2D eigenvalue weighted by molar-refractivity contribution is -0.147. The Morgan fingerprint density at radius 2 is 1.85 bits per heavy atom. The number of likely N-dealkylation sites (tertiary alicyclic amines) is 1. The quantitative estimate of drug-likeness (QED) is 0.607. The number of aromatic nitrogens is 4. The molecule has 0 atom stereocenters. The van der Waals surface area contributed by atoms with E-state index in [1.54, 1.807) is 36.1 Å². The number of benzene rings is 1. The number of carbonyl (C=O) groups is 1. The van der Waals surface area contributed by atoms with Crippen molar-refractivity contribution >= 4 is 16.9 Å². The van der Waals surface area contributed by atoms with E-state index >= 15 is 0 Å². The molecule has 1 aliphatic rings. The van der Waals surface area contributed by atoms with E-state index in [0.717, 1.165) is 0 Å². The van der Waals surface area contributed by atoms with E-state index in [9.17, 15) is 27.6 Å². The fourth-order valence-electron chi connectivity index (χ4n) is 4.42. The van der Waals surface area contributed by atoms with Gasteiger partial charge >= 0.3 is 11.9 Å². The Bertz CT molecular complexity index is 1280. The Morgan fingerprint density at radius 3 is 2.52 bits per heavy atom. The molecular weight excluding hydrogens is 439 g/mol. The molecule has 4 rings (SSSR count). The van der Waals surface area contributed by atoms with Crippen molar-refractivity contribution in [1.82, 2.24) is 24.4 Å². The van der Waals surface area contributed by atoms with E-state index in [1.165, 1.54) is 4.57 Å². The number of aromatic amines is 2. The zero-order chi connectivity index (χ0) is 23.8. The van der Waals surface area contributed by atoms with Crippen molar-refractivity contribution in [1.29, 1.82) is 0 Å². The van der Waals surface area contributed by atoms with Crippen LogP contribution < -0.4 is 11.2 Å². The zero-order valence-electron chi connectivity index (χ0n) is 18.0. The van der Waals surface area contributed by atoms with Crippen molar-refractivity contribution in [3.63, 3.8) is 0 Å². The normalized spacial score (nSPS) is 15.3. The first-order chi connectivity index (χ1) is 15.6. The number of hydrogen-bond acceptors (Lipinski definition) is 4. The molecule has 1 aliphatic heterocycles. The van der Waals surface area contributed by atoms with E-state index in [0.29, 0.717) is 48.2 Å². The second-order valence-electron chi connectivity index (χ2n) is 8.37. The Kier molecular flexibility index (Phi) is 6.13. The molecular formula is C22H24F3N5O3. The van der Waals surface area contributed by atoms with Crippen molar-refractivity contribution in [3.8, 4) is 0 Å². The molecule has 0 spiro atoms. The minimum absolute atomic E-state index is 0.0166. The van der Waals surface area contributed by atoms with Crippen LogP contribution in [0.1, 0.15) is 36.3 Å². The molecule has 11 heteroatoms. The fraction of sp³-hybridized carbons (Fsp3) is 0.455. The maximum atomic E-state index is 13.5. The molecule has 0 radical (unpaired) electrons. The first-order valence-corrected chi connectivity index (χ1v) is 10.8. The summed E-state index contributed by atoms with van der Waals surface area (Å²) in [5, 5.41) is 0. The number of fused-ring (bicyclic) bond motifs is 1. The van der Waals surface area contributed by atoms with Crippen molar-refractivity contribution in [2.45, 2.75) is 45.3 Å². The van der Waals surface area contributed by atoms with Crippen LogP contribution in [-0.4, -0.2) is 43.4 Å². The predicted octanol–water partition coefficient (Wildman–Crippen LogP) is 2.61. The average molecular weight is 463 g/mol. The number of piperidine rings is 1. The van der Waals surface area contributed by atoms with Gasteiger partial charge < -0.3 is 14.5 Å². The van der Waals surface area contributed by atoms with E-state index in [-0.39, 0.29) is 31.2 Å². The molecule has 33 heavy (non-hydrogen) atoms. The number of hydrogen-bond donors (Lipinski definition) is 2. The third-order valence-electron chi connectivity index (χ3n) is 6.16. The molecule has 0 saturated carbocycles. The molecule has 3 heterocycles. The van der Waals surface area contributed by atoms with Gasteiger partial charge in [-0.05, 0) is 44.2 Å². The summed E-state index contributed by atoms with van der Waals surface area (Å²) in [6.07, 6.45) is -3.08. The third-order valence-corrected chi connectivity index (χ3v) is 6.16. The summed E-state index contributed by atoms with van der Waals surface area (Å²) >= 11 is 0. The molecule has 2 N–H and O–H groups in total. The Labute approximate surface area is 186 Å². The highest BCUT2D eigenvalue weighted by atomic mass is 19.4. The Morgan fingerprint density at radius 1 is 1.15 bits per heavy atom. The number of alkyl halides is 3. The molecule has 2 aromatic heterocycles. The number of para-hydroxylation sites is 2. The number of imidazole rings is 1. The maximum Gasteiger partial charge on any atom is 0.449 e. The van der Waals surface area contributed by atoms with Gasteiger partial charge in [-0.1, -0.05) is 12.1 Å². The molecule has 0 bridgehead atoms. The van der Waals surface area contributed by atoms with E-state index in [2.05, 4.69) is 15.0 Å². The van der Waals surface area contributed by atoms with Gasteiger partial charge in [0.1, 0.15) is 0 Å². The third kappa shape index (κ3) is 4.86. The first-order valence-electron chi connectivity index (χ1n) is 10.8. The number of carbonyl (C=O) groups excluding carboxylic acids is 1. The molecule has 0 aliphatic carbocycles. The van der Waals surface area contributed by atoms with Gasteiger partial charge in [0.05, 0.1) is 11.0 Å². The van der Waals surface area contributed by atoms with Crippen molar-refractivity contribution < 1.29 is 18.0 Å². The smallest absolute Gasteiger partial charge is 0.343 e. The second kappa shape index (κ2) is 8.87. The van der Waals surface area contributed by atoms with Crippen LogP contribution in [0.2, 0.25) is 0 Å². The molecule has 1 aromatic carbocycles. The first kappa shape index (κ1) is 22.8. The minimum Gasteiger partial charge on any atom is -0.343 e. The fourth-order valence-corrected chi connectivity index (χ4v) is 4.42. The summed E-state index contributed by atoms with van der Waals surface area (Å²) in [5.41, 5.74) is 0.465. The standard InChI is InChI=1S/C22H24F3N5O3/c1-13-15(19(32)28-21(33)26-13)6-7-18(31)29-10-8-14(9-11-29)12-30-17-5-3-2-4-16(17)27-20(30)22(23,24)25/h2-5,14H,6-12H2,1H3,(H2,26,28,32,33). The van der Waals surface area contributed by atoms with Gasteiger partial charge in [-0.15, -0.1) is 0 Å². The molecule has 3 aromatic rings. The minimum atomic E-state index is -4.55. The van der Waals surface area contributed by atoms with Gasteiger partial charge in [-0.2, -0.15) is 13.2 Å². The van der Waals surface area contributed by atoms with Gasteiger partial charge in [-0.25, -0.2) is 9.78 Å². The van der Waals surface area contributed by atoms with Crippen LogP contribution in [0.3, 0.4) is 0 Å². The summed E-state index contributed by atoms with van der Waals surface area (Å²) in [7, 11) is 0. The number of nitrogens with zero attached hydrogens (tertiary/aromatic N) is 3. The zero-order valence-corrected chi connectivity index (χ0v) is 18.0. The second-order valence-corrected chi connectivity index (χ2v) is 8.37. The van der Waals surface area contributed by atoms with Gasteiger partial charge in [0.2, 0.25) is 11.7 Å². The van der Waals surface area contributed by atoms with Crippen LogP contribution in [0.15, 0.2) is 33.9 Å². The van der Waals surface area contributed by atoms with E-state index < -0.39 is 23.2 Å². The summed E-state index contributed by atoms with van der Waals surface area (Å²) < 4.78 is 41.8. The van der Waals surface area contributed by atoms with E-state index in [1.807, 2.05) is 0 Å². The summed E-state index contributed by atoms with van der Waals surface area (Å²) in [6, 6.07) is 6.55. The number of rotatable bonds is 5. The average Bonchev–Trinajstić information content (AvgIpc) is 3.12. The predicted molar refractivity (Wildman–Crippen MR) is 115 cm³/mol. The summed E-state index contributed by atoms with van der Waals surface area (Å²) in [4.78, 5) is 46.0. The van der Waals surface area contributed by atoms with Gasteiger partial charge in [-0.3, -0.25) is 14.6 Å². The molecule has 0 unspecified atom stereocenters. The number of aryl methyl sites for hydroxylation is 1. The Hall–Kier alpha value is -3.37. The number of halogens is 3. The number of H-pyrrole nitrogens is 2. The highest BCUT2D eigenvalue weighted by Crippen LogP contribution is 2.33. The lowest BCUT2D eigenvalue weighted by Gasteiger charge is -2.32. The summed E-state index contributed by atoms with van der Waals surface area (Å²) in [6.45, 7) is 2.68. The summed E-state index contributed by atoms with van der Waals surface area (Å²) in [5.74, 6) is -1.04. The maximum absolute atomic E-state index is 13.5. The molecule has 1 saturated heterocycles. The van der Waals surface area contributed by atoms with Gasteiger partial charge in [0.15, 0.2) is 0 Å². The highest BCUT2D eigenvalue weighted by Gasteiger charge is 2.38. The van der Waals surface area contributed by atoms with Crippen molar-refractivity contribution in [3.05, 3.63) is 62.2 Å². The molecule has 1 amide bonds. The van der Waals surface area contributed by atoms with Crippen LogP contribution in [0.4, 0.5) is 13.2 Å². The number of nitrogens with one attached hydrogen (secondary N) is 2. The lowest BCUT2D eigenvalue weighted by atomic mass is 9.96. The van der Waals surface area contributed by atoms with Gasteiger partial charge in [0.25, 0.3) is 5.56 Å². The van der Waals surface area contributed by atoms with Gasteiger partial charge in [0, 0.05) is 37.3 Å². The number of amides is 1. The van der Waals surface area contributed by atoms with Crippen LogP contribution in [-0.2, 0) is 23.9 Å². The molecule has 1 fully saturated rings. The van der Waals surface area contributed by atoms with Crippen LogP contribution in [0.5, 0.6) is 0 Å². The van der Waals surface area contributed by atoms with Crippen LogP contribution in [0, 0.1) is 12.8 Å². The lowest BCUT2D eigenvalue weighted by Crippen LogP contribution is -2.40. The largest absolute Gasteiger partial charge is 0.449 e. The monoisotopic (exact) mass is 463 g/mol. The van der Waals surface area contributed by atoms with E-state index in [4.69, 9.17) is 0 Å². The van der Waals surface area contributed by atoms with Crippen molar-refractivity contribution in [2.24, 2.45) is 5.92 Å². The van der Waals surface area contributed by atoms with Crippen LogP contribution >= 0.6 is 0 Å². The molecule has 176 valence electrons. The highest BCUT2D eigenvalue weighted by molar-refractivity contribution is 5.77. The van der Waals surface area contributed by atoms with Crippen molar-refractivity contribution in [2.75, 3.05) is 13.1 Å². The molecule has 8 nitrogen and oxygen atoms in total. The van der Waals surface area contributed by atoms with Crippen LogP contribution in [0.25, 0.3) is 11.0 Å². The topological polar surface area (TPSA) is 104 Å². The SMILES string of the molecule is Cc1[nH]c(=O)[nH]c(=O)c1CCC(=O)N1CCC(Cn2c(C(F)(F)F)nc3ccccc32)CC1.